The summed E-state index contributed by atoms with van der Waals surface area (Å²) < 4.78 is 8.88. The minimum Gasteiger partial charge on any atom is -0.394 e. The lowest BCUT2D eigenvalue weighted by atomic mass is 10.4. The molecule has 0 saturated carbocycles. The van der Waals surface area contributed by atoms with Crippen LogP contribution in [0.4, 0.5) is 0 Å². The predicted molar refractivity (Wildman–Crippen MR) is 43.0 cm³/mol. The maximum atomic E-state index is 8.88. The summed E-state index contributed by atoms with van der Waals surface area (Å²) in [6, 6.07) is 0. The summed E-state index contributed by atoms with van der Waals surface area (Å²) in [6.07, 6.45) is -0.954. The number of aliphatic hydroxyl groups is 3. The Morgan fingerprint density at radius 2 is 1.25 bits per heavy atom. The van der Waals surface area contributed by atoms with E-state index in [4.69, 9.17) is 34.6 Å². The predicted octanol–water partition coefficient (Wildman–Crippen LogP) is -3.51. The maximum absolute atomic E-state index is 8.88. The molecule has 7 nitrogen and oxygen atoms in total. The lowest BCUT2D eigenvalue weighted by molar-refractivity contribution is 0.0450. The molecule has 0 amide bonds. The Bertz CT molecular complexity index is 112. The highest BCUT2D eigenvalue weighted by molar-refractivity contribution is 7.45. The van der Waals surface area contributed by atoms with E-state index in [1.165, 1.54) is 0 Å². The van der Waals surface area contributed by atoms with E-state index in [1.807, 2.05) is 0 Å². The van der Waals surface area contributed by atoms with Gasteiger partial charge in [-0.1, -0.05) is 0 Å². The van der Waals surface area contributed by atoms with Crippen LogP contribution in [0.3, 0.4) is 0 Å². The zero-order chi connectivity index (χ0) is 9.49. The van der Waals surface area contributed by atoms with E-state index in [-0.39, 0.29) is 36.3 Å². The smallest absolute Gasteiger partial charge is 0.394 e. The van der Waals surface area contributed by atoms with Gasteiger partial charge in [-0.05, 0) is 0 Å². The zero-order valence-corrected chi connectivity index (χ0v) is 6.42. The summed E-state index contributed by atoms with van der Waals surface area (Å²) >= 11 is 0. The van der Waals surface area contributed by atoms with Crippen molar-refractivity contribution in [2.75, 3.05) is 13.2 Å². The van der Waals surface area contributed by atoms with Crippen molar-refractivity contribution in [3.8, 4) is 0 Å². The fourth-order valence-electron chi connectivity index (χ4n) is 0.0577. The molecule has 0 aromatic heterocycles. The Hall–Kier alpha value is 0.756. The molecule has 12 heavy (non-hydrogen) atoms. The molecular weight excluding hydrogens is 203 g/mol. The van der Waals surface area contributed by atoms with Crippen LogP contribution in [0.15, 0.2) is 0 Å². The van der Waals surface area contributed by atoms with Crippen molar-refractivity contribution >= 4 is 30.9 Å². The van der Waals surface area contributed by atoms with Crippen LogP contribution >= 0.6 is 7.82 Å². The van der Waals surface area contributed by atoms with Crippen LogP contribution in [0.2, 0.25) is 0 Å². The van der Waals surface area contributed by atoms with Gasteiger partial charge >= 0.3 is 30.9 Å². The molecule has 0 spiro atoms. The number of hydrogen-bond acceptors (Lipinski definition) is 4. The van der Waals surface area contributed by atoms with Crippen LogP contribution in [0.1, 0.15) is 0 Å². The Morgan fingerprint density at radius 3 is 1.25 bits per heavy atom. The van der Waals surface area contributed by atoms with E-state index in [0.29, 0.717) is 0 Å². The van der Waals surface area contributed by atoms with E-state index < -0.39 is 13.9 Å². The lowest BCUT2D eigenvalue weighted by Gasteiger charge is -1.96. The fraction of sp³-hybridized carbons (Fsp3) is 1.00. The number of rotatable bonds is 2. The van der Waals surface area contributed by atoms with Crippen molar-refractivity contribution in [1.29, 1.82) is 0 Å². The van der Waals surface area contributed by atoms with Gasteiger partial charge in [0.1, 0.15) is 6.10 Å². The topological polar surface area (TPSA) is 138 Å². The molecule has 0 aromatic rings. The van der Waals surface area contributed by atoms with Crippen LogP contribution in [0, 0.1) is 0 Å². The second-order valence-corrected chi connectivity index (χ2v) is 2.56. The Kier molecular flexibility index (Phi) is 15.2. The minimum atomic E-state index is -4.64. The van der Waals surface area contributed by atoms with E-state index in [9.17, 15) is 0 Å². The fourth-order valence-corrected chi connectivity index (χ4v) is 0.0577. The quantitative estimate of drug-likeness (QED) is 0.208. The monoisotopic (exact) mass is 216 g/mol. The Morgan fingerprint density at radius 1 is 1.08 bits per heavy atom. The highest BCUT2D eigenvalue weighted by Crippen LogP contribution is 2.25. The van der Waals surface area contributed by atoms with Crippen molar-refractivity contribution in [1.82, 2.24) is 0 Å². The van der Waals surface area contributed by atoms with Crippen LogP contribution < -0.4 is 0 Å². The molecule has 74 valence electrons. The SMILES string of the molecule is O=P(O)(O)O.OCC(O)CO.[MgH2]. The van der Waals surface area contributed by atoms with Crippen LogP contribution in [-0.2, 0) is 4.57 Å². The molecule has 0 rings (SSSR count). The van der Waals surface area contributed by atoms with Gasteiger partial charge in [0.2, 0.25) is 0 Å². The van der Waals surface area contributed by atoms with Crippen molar-refractivity contribution < 1.29 is 34.6 Å². The second-order valence-electron chi connectivity index (χ2n) is 1.53. The van der Waals surface area contributed by atoms with Gasteiger partial charge in [-0.2, -0.15) is 0 Å². The van der Waals surface area contributed by atoms with E-state index in [1.54, 1.807) is 0 Å². The maximum Gasteiger partial charge on any atom is 0.466 e. The third-order valence-electron chi connectivity index (χ3n) is 0.421. The van der Waals surface area contributed by atoms with Crippen LogP contribution in [0.5, 0.6) is 0 Å². The van der Waals surface area contributed by atoms with Crippen molar-refractivity contribution in [3.05, 3.63) is 0 Å². The van der Waals surface area contributed by atoms with Gasteiger partial charge in [0.05, 0.1) is 13.2 Å². The van der Waals surface area contributed by atoms with Crippen LogP contribution in [-0.4, -0.2) is 72.4 Å². The standard InChI is InChI=1S/C3H8O3.Mg.H3O4P.2H/c4-1-3(6)2-5;;1-5(2,3)4;;/h3-6H,1-2H2;;(H3,1,2,3,4);;. The number of phosphoric acid groups is 1. The Labute approximate surface area is 85.1 Å². The van der Waals surface area contributed by atoms with Gasteiger partial charge in [-0.15, -0.1) is 0 Å². The average molecular weight is 216 g/mol. The first kappa shape index (κ1) is 18.5. The van der Waals surface area contributed by atoms with Gasteiger partial charge < -0.3 is 30.0 Å². The molecule has 0 unspecified atom stereocenters. The van der Waals surface area contributed by atoms with Crippen molar-refractivity contribution in [2.45, 2.75) is 6.10 Å². The molecular formula is C3H13MgO7P. The Balaban J connectivity index is -0.000000126. The van der Waals surface area contributed by atoms with Gasteiger partial charge in [0.15, 0.2) is 0 Å². The molecule has 0 saturated heterocycles. The molecule has 0 bridgehead atoms. The average Bonchev–Trinajstić information content (AvgIpc) is 1.83. The molecule has 0 atom stereocenters. The summed E-state index contributed by atoms with van der Waals surface area (Å²) in [7, 11) is -4.64. The van der Waals surface area contributed by atoms with Gasteiger partial charge in [0, 0.05) is 0 Å². The summed E-state index contributed by atoms with van der Waals surface area (Å²) in [5.74, 6) is 0. The van der Waals surface area contributed by atoms with Gasteiger partial charge in [0.25, 0.3) is 0 Å². The first-order valence-corrected chi connectivity index (χ1v) is 4.05. The van der Waals surface area contributed by atoms with Crippen molar-refractivity contribution in [2.24, 2.45) is 0 Å². The first-order valence-electron chi connectivity index (χ1n) is 2.49. The minimum absolute atomic E-state index is 0. The highest BCUT2D eigenvalue weighted by atomic mass is 31.2. The summed E-state index contributed by atoms with van der Waals surface area (Å²) in [6.45, 7) is -0.729. The van der Waals surface area contributed by atoms with Crippen molar-refractivity contribution in [3.63, 3.8) is 0 Å². The second kappa shape index (κ2) is 9.84. The number of hydrogen-bond donors (Lipinski definition) is 6. The summed E-state index contributed by atoms with van der Waals surface area (Å²) in [5, 5.41) is 24.0. The van der Waals surface area contributed by atoms with Crippen LogP contribution in [0.25, 0.3) is 0 Å². The molecule has 0 fully saturated rings. The van der Waals surface area contributed by atoms with E-state index in [2.05, 4.69) is 0 Å². The zero-order valence-electron chi connectivity index (χ0n) is 5.53. The molecule has 0 aliphatic heterocycles. The molecule has 6 N–H and O–H groups in total. The molecule has 9 heteroatoms. The number of aliphatic hydroxyl groups excluding tert-OH is 3. The molecule has 0 radical (unpaired) electrons. The third kappa shape index (κ3) is 45.3. The molecule has 0 aromatic carbocycles. The lowest BCUT2D eigenvalue weighted by Crippen LogP contribution is -2.15. The van der Waals surface area contributed by atoms with E-state index in [0.717, 1.165) is 0 Å². The van der Waals surface area contributed by atoms with Gasteiger partial charge in [-0.3, -0.25) is 0 Å². The molecule has 0 aliphatic carbocycles. The molecule has 0 heterocycles. The summed E-state index contributed by atoms with van der Waals surface area (Å²) in [4.78, 5) is 21.6. The first-order chi connectivity index (χ1) is 4.81. The summed E-state index contributed by atoms with van der Waals surface area (Å²) in [5.41, 5.74) is 0. The van der Waals surface area contributed by atoms with Gasteiger partial charge in [-0.25, -0.2) is 4.57 Å². The molecule has 0 aliphatic rings. The normalized spacial score (nSPS) is 9.92. The largest absolute Gasteiger partial charge is 0.466 e. The third-order valence-corrected chi connectivity index (χ3v) is 0.421. The highest BCUT2D eigenvalue weighted by Gasteiger charge is 2.00. The van der Waals surface area contributed by atoms with E-state index >= 15 is 0 Å².